The SMILES string of the molecule is CN(C)c1ccc(NC(Cl)(Nc2ccc(N(C)C)cc2)Nc2ccc(N(C)C)cc2)cc1. The lowest BCUT2D eigenvalue weighted by Gasteiger charge is -2.33. The van der Waals surface area contributed by atoms with Gasteiger partial charge in [-0.25, -0.2) is 0 Å². The Morgan fingerprint density at radius 2 is 0.688 bits per heavy atom. The van der Waals surface area contributed by atoms with Crippen molar-refractivity contribution in [1.82, 2.24) is 0 Å². The molecule has 0 bridgehead atoms. The molecule has 0 radical (unpaired) electrons. The molecule has 6 nitrogen and oxygen atoms in total. The summed E-state index contributed by atoms with van der Waals surface area (Å²) in [6.45, 7) is 0. The number of benzene rings is 3. The van der Waals surface area contributed by atoms with Crippen LogP contribution in [0.5, 0.6) is 0 Å². The van der Waals surface area contributed by atoms with Crippen LogP contribution in [0.1, 0.15) is 0 Å². The molecule has 0 aliphatic rings. The van der Waals surface area contributed by atoms with Gasteiger partial charge in [-0.2, -0.15) is 0 Å². The summed E-state index contributed by atoms with van der Waals surface area (Å²) < 4.78 is 0. The number of halogens is 1. The summed E-state index contributed by atoms with van der Waals surface area (Å²) in [5.74, 6) is 0. The van der Waals surface area contributed by atoms with Crippen LogP contribution >= 0.6 is 11.6 Å². The minimum Gasteiger partial charge on any atom is -0.378 e. The highest BCUT2D eigenvalue weighted by molar-refractivity contribution is 6.27. The first-order valence-electron chi connectivity index (χ1n) is 10.5. The van der Waals surface area contributed by atoms with Crippen LogP contribution in [0.15, 0.2) is 72.8 Å². The lowest BCUT2D eigenvalue weighted by atomic mass is 10.2. The summed E-state index contributed by atoms with van der Waals surface area (Å²) in [5, 5.41) is 9.04. The largest absolute Gasteiger partial charge is 0.378 e. The average Bonchev–Trinajstić information content (AvgIpc) is 2.74. The van der Waals surface area contributed by atoms with Crippen molar-refractivity contribution in [3.63, 3.8) is 0 Å². The molecule has 3 rings (SSSR count). The van der Waals surface area contributed by atoms with Crippen LogP contribution in [0.25, 0.3) is 0 Å². The zero-order valence-corrected chi connectivity index (χ0v) is 20.4. The van der Waals surface area contributed by atoms with Crippen LogP contribution in [0.2, 0.25) is 0 Å². The van der Waals surface area contributed by atoms with Gasteiger partial charge in [-0.15, -0.1) is 0 Å². The van der Waals surface area contributed by atoms with Crippen molar-refractivity contribution in [3.05, 3.63) is 72.8 Å². The van der Waals surface area contributed by atoms with E-state index in [2.05, 4.69) is 67.0 Å². The normalized spacial score (nSPS) is 11.0. The molecular formula is C25H33ClN6. The number of anilines is 6. The summed E-state index contributed by atoms with van der Waals surface area (Å²) in [6, 6.07) is 24.4. The predicted molar refractivity (Wildman–Crippen MR) is 142 cm³/mol. The molecule has 3 aromatic rings. The molecule has 3 N–H and O–H groups in total. The molecule has 0 aliphatic carbocycles. The second-order valence-electron chi connectivity index (χ2n) is 8.36. The smallest absolute Gasteiger partial charge is 0.266 e. The number of nitrogens with one attached hydrogen (secondary N) is 3. The second-order valence-corrected chi connectivity index (χ2v) is 8.92. The minimum atomic E-state index is -1.15. The van der Waals surface area contributed by atoms with Gasteiger partial charge in [0.25, 0.3) is 5.25 Å². The van der Waals surface area contributed by atoms with Crippen molar-refractivity contribution in [2.24, 2.45) is 0 Å². The Kier molecular flexibility index (Phi) is 7.26. The van der Waals surface area contributed by atoms with Crippen molar-refractivity contribution < 1.29 is 0 Å². The van der Waals surface area contributed by atoms with Gasteiger partial charge < -0.3 is 30.7 Å². The lowest BCUT2D eigenvalue weighted by molar-refractivity contribution is 0.843. The summed E-state index contributed by atoms with van der Waals surface area (Å²) >= 11 is 7.09. The van der Waals surface area contributed by atoms with Gasteiger partial charge in [0, 0.05) is 76.4 Å². The highest BCUT2D eigenvalue weighted by Gasteiger charge is 2.27. The van der Waals surface area contributed by atoms with Gasteiger partial charge in [-0.05, 0) is 84.4 Å². The zero-order valence-electron chi connectivity index (χ0n) is 19.6. The average molecular weight is 453 g/mol. The van der Waals surface area contributed by atoms with Crippen LogP contribution in [0, 0.1) is 0 Å². The Balaban J connectivity index is 1.86. The fourth-order valence-electron chi connectivity index (χ4n) is 3.22. The molecule has 32 heavy (non-hydrogen) atoms. The molecular weight excluding hydrogens is 420 g/mol. The van der Waals surface area contributed by atoms with Crippen molar-refractivity contribution in [1.29, 1.82) is 0 Å². The fraction of sp³-hybridized carbons (Fsp3) is 0.280. The van der Waals surface area contributed by atoms with E-state index in [1.807, 2.05) is 78.7 Å². The van der Waals surface area contributed by atoms with Crippen molar-refractivity contribution in [2.45, 2.75) is 5.25 Å². The topological polar surface area (TPSA) is 45.8 Å². The van der Waals surface area contributed by atoms with E-state index < -0.39 is 5.25 Å². The Morgan fingerprint density at radius 1 is 0.469 bits per heavy atom. The van der Waals surface area contributed by atoms with Crippen LogP contribution in [-0.4, -0.2) is 47.5 Å². The maximum atomic E-state index is 7.09. The van der Waals surface area contributed by atoms with Gasteiger partial charge in [0.1, 0.15) is 0 Å². The van der Waals surface area contributed by atoms with Gasteiger partial charge in [0.15, 0.2) is 0 Å². The summed E-state index contributed by atoms with van der Waals surface area (Å²) in [6.07, 6.45) is 0. The van der Waals surface area contributed by atoms with Gasteiger partial charge in [-0.3, -0.25) is 0 Å². The Bertz CT molecular complexity index is 853. The molecule has 0 amide bonds. The number of nitrogens with zero attached hydrogens (tertiary/aromatic N) is 3. The molecule has 0 saturated carbocycles. The maximum Gasteiger partial charge on any atom is 0.266 e. The molecule has 7 heteroatoms. The molecule has 0 atom stereocenters. The van der Waals surface area contributed by atoms with Crippen LogP contribution < -0.4 is 30.7 Å². The van der Waals surface area contributed by atoms with E-state index in [-0.39, 0.29) is 0 Å². The number of rotatable bonds is 9. The third kappa shape index (κ3) is 6.14. The first-order chi connectivity index (χ1) is 15.1. The number of hydrogen-bond acceptors (Lipinski definition) is 6. The maximum absolute atomic E-state index is 7.09. The quantitative estimate of drug-likeness (QED) is 0.230. The number of hydrogen-bond donors (Lipinski definition) is 3. The van der Waals surface area contributed by atoms with Gasteiger partial charge in [-0.1, -0.05) is 0 Å². The monoisotopic (exact) mass is 452 g/mol. The van der Waals surface area contributed by atoms with E-state index in [4.69, 9.17) is 11.6 Å². The summed E-state index contributed by atoms with van der Waals surface area (Å²) in [7, 11) is 12.1. The molecule has 0 fully saturated rings. The van der Waals surface area contributed by atoms with Crippen molar-refractivity contribution >= 4 is 45.7 Å². The highest BCUT2D eigenvalue weighted by atomic mass is 35.5. The summed E-state index contributed by atoms with van der Waals surface area (Å²) in [4.78, 5) is 6.19. The van der Waals surface area contributed by atoms with Gasteiger partial charge >= 0.3 is 0 Å². The van der Waals surface area contributed by atoms with E-state index in [1.165, 1.54) is 0 Å². The third-order valence-corrected chi connectivity index (χ3v) is 5.38. The van der Waals surface area contributed by atoms with Crippen LogP contribution in [0.3, 0.4) is 0 Å². The third-order valence-electron chi connectivity index (χ3n) is 5.10. The second kappa shape index (κ2) is 9.92. The van der Waals surface area contributed by atoms with Crippen LogP contribution in [0.4, 0.5) is 34.1 Å². The Labute approximate surface area is 196 Å². The van der Waals surface area contributed by atoms with Gasteiger partial charge in [0.2, 0.25) is 0 Å². The fourth-order valence-corrected chi connectivity index (χ4v) is 3.55. The molecule has 0 unspecified atom stereocenters. The number of alkyl halides is 1. The molecule has 0 spiro atoms. The van der Waals surface area contributed by atoms with E-state index in [0.29, 0.717) is 0 Å². The predicted octanol–water partition coefficient (Wildman–Crippen LogP) is 5.37. The van der Waals surface area contributed by atoms with Crippen molar-refractivity contribution in [2.75, 3.05) is 72.9 Å². The standard InChI is InChI=1S/C25H33ClN6/c1-30(2)22-13-7-19(8-14-22)27-25(26,28-20-9-15-23(16-10-20)31(3)4)29-21-11-17-24(18-12-21)32(5)6/h7-18,27-29H,1-6H3. The molecule has 170 valence electrons. The minimum absolute atomic E-state index is 0.889. The Hall–Kier alpha value is -3.25. The van der Waals surface area contributed by atoms with Gasteiger partial charge in [0.05, 0.1) is 0 Å². The lowest BCUT2D eigenvalue weighted by Crippen LogP contribution is -2.48. The summed E-state index contributed by atoms with van der Waals surface area (Å²) in [5.41, 5.74) is 6.03. The molecule has 3 aromatic carbocycles. The first kappa shape index (κ1) is 23.4. The van der Waals surface area contributed by atoms with E-state index >= 15 is 0 Å². The molecule has 0 heterocycles. The van der Waals surface area contributed by atoms with E-state index in [1.54, 1.807) is 0 Å². The highest BCUT2D eigenvalue weighted by Crippen LogP contribution is 2.28. The molecule has 0 aliphatic heterocycles. The molecule has 0 aromatic heterocycles. The van der Waals surface area contributed by atoms with Crippen molar-refractivity contribution in [3.8, 4) is 0 Å². The van der Waals surface area contributed by atoms with E-state index in [0.717, 1.165) is 34.1 Å². The zero-order chi connectivity index (χ0) is 23.3. The first-order valence-corrected chi connectivity index (χ1v) is 10.9. The van der Waals surface area contributed by atoms with E-state index in [9.17, 15) is 0 Å². The molecule has 0 saturated heterocycles. The Morgan fingerprint density at radius 3 is 0.875 bits per heavy atom. The van der Waals surface area contributed by atoms with Crippen LogP contribution in [-0.2, 0) is 0 Å².